The van der Waals surface area contributed by atoms with Gasteiger partial charge in [-0.1, -0.05) is 69.8 Å². The van der Waals surface area contributed by atoms with Crippen LogP contribution in [0.4, 0.5) is 0 Å². The van der Waals surface area contributed by atoms with E-state index in [9.17, 15) is 0 Å². The fourth-order valence-corrected chi connectivity index (χ4v) is 3.53. The molecule has 0 nitrogen and oxygen atoms in total. The van der Waals surface area contributed by atoms with E-state index in [-0.39, 0.29) is 0 Å². The number of allylic oxidation sites excluding steroid dienone is 4. The Morgan fingerprint density at radius 2 is 1.72 bits per heavy atom. The average molecular weight is 246 g/mol. The smallest absolute Gasteiger partial charge is 0.0165 e. The molecule has 2 aliphatic carbocycles. The predicted molar refractivity (Wildman–Crippen MR) is 80.6 cm³/mol. The van der Waals surface area contributed by atoms with Crippen molar-refractivity contribution in [1.29, 1.82) is 0 Å². The van der Waals surface area contributed by atoms with Gasteiger partial charge in [-0.05, 0) is 43.4 Å². The van der Waals surface area contributed by atoms with E-state index >= 15 is 0 Å². The molecule has 0 heteroatoms. The van der Waals surface area contributed by atoms with Crippen LogP contribution in [0.1, 0.15) is 71.1 Å². The summed E-state index contributed by atoms with van der Waals surface area (Å²) in [5.74, 6) is 2.69. The molecule has 3 atom stereocenters. The Morgan fingerprint density at radius 1 is 0.944 bits per heavy atom. The molecule has 0 aromatic rings. The number of hydrogen-bond acceptors (Lipinski definition) is 0. The minimum atomic E-state index is 0.879. The Morgan fingerprint density at radius 3 is 2.39 bits per heavy atom. The van der Waals surface area contributed by atoms with Gasteiger partial charge in [-0.3, -0.25) is 0 Å². The van der Waals surface area contributed by atoms with Crippen LogP contribution in [0.2, 0.25) is 0 Å². The van der Waals surface area contributed by atoms with E-state index in [0.29, 0.717) is 0 Å². The molecule has 0 amide bonds. The third-order valence-electron chi connectivity index (χ3n) is 4.69. The second kappa shape index (κ2) is 7.81. The molecule has 0 saturated heterocycles. The van der Waals surface area contributed by atoms with Crippen LogP contribution in [0.5, 0.6) is 0 Å². The van der Waals surface area contributed by atoms with Gasteiger partial charge in [0, 0.05) is 0 Å². The fourth-order valence-electron chi connectivity index (χ4n) is 3.53. The molecule has 2 aliphatic rings. The summed E-state index contributed by atoms with van der Waals surface area (Å²) in [6, 6.07) is 0. The molecule has 0 aromatic heterocycles. The average Bonchev–Trinajstić information content (AvgIpc) is 2.99. The molecule has 0 spiro atoms. The maximum absolute atomic E-state index is 2.52. The monoisotopic (exact) mass is 246 g/mol. The highest BCUT2D eigenvalue weighted by Gasteiger charge is 2.33. The molecule has 1 saturated carbocycles. The molecule has 0 N–H and O–H groups in total. The van der Waals surface area contributed by atoms with Gasteiger partial charge in [0.1, 0.15) is 0 Å². The highest BCUT2D eigenvalue weighted by Crippen LogP contribution is 2.43. The van der Waals surface area contributed by atoms with Crippen molar-refractivity contribution in [3.8, 4) is 0 Å². The second-order valence-corrected chi connectivity index (χ2v) is 6.28. The first-order chi connectivity index (χ1) is 8.90. The molecular weight excluding hydrogens is 216 g/mol. The Labute approximate surface area is 114 Å². The van der Waals surface area contributed by atoms with E-state index in [1.165, 1.54) is 64.2 Å². The van der Waals surface area contributed by atoms with Crippen molar-refractivity contribution in [3.63, 3.8) is 0 Å². The van der Waals surface area contributed by atoms with Gasteiger partial charge < -0.3 is 0 Å². The summed E-state index contributed by atoms with van der Waals surface area (Å²) in [6.45, 7) is 2.29. The fraction of sp³-hybridized carbons (Fsp3) is 0.778. The summed E-state index contributed by atoms with van der Waals surface area (Å²) >= 11 is 0. The van der Waals surface area contributed by atoms with Crippen molar-refractivity contribution in [1.82, 2.24) is 0 Å². The van der Waals surface area contributed by atoms with Gasteiger partial charge in [0.2, 0.25) is 0 Å². The maximum Gasteiger partial charge on any atom is -0.0165 e. The molecule has 3 unspecified atom stereocenters. The number of unbranched alkanes of at least 4 members (excludes halogenated alkanes) is 7. The van der Waals surface area contributed by atoms with Gasteiger partial charge in [0.15, 0.2) is 0 Å². The number of hydrogen-bond donors (Lipinski definition) is 0. The quantitative estimate of drug-likeness (QED) is 0.351. The topological polar surface area (TPSA) is 0 Å². The molecule has 2 rings (SSSR count). The standard InChI is InChI=1S/C18H30/c1-2-3-4-5-6-7-8-9-10-11-17-14-16-12-13-18(17)15-16/h10-13,16-18H,2-9,14-15H2,1H3. The van der Waals surface area contributed by atoms with Gasteiger partial charge in [-0.15, -0.1) is 0 Å². The summed E-state index contributed by atoms with van der Waals surface area (Å²) in [6.07, 6.45) is 24.0. The summed E-state index contributed by atoms with van der Waals surface area (Å²) in [4.78, 5) is 0. The lowest BCUT2D eigenvalue weighted by atomic mass is 9.93. The van der Waals surface area contributed by atoms with Gasteiger partial charge in [0.05, 0.1) is 0 Å². The van der Waals surface area contributed by atoms with E-state index in [2.05, 4.69) is 31.2 Å². The SMILES string of the molecule is CCCCCCCCCC=CC1CC2C=CC1C2. The normalized spacial score (nSPS) is 29.7. The molecule has 18 heavy (non-hydrogen) atoms. The van der Waals surface area contributed by atoms with E-state index < -0.39 is 0 Å². The van der Waals surface area contributed by atoms with Crippen LogP contribution in [-0.2, 0) is 0 Å². The zero-order valence-corrected chi connectivity index (χ0v) is 12.1. The van der Waals surface area contributed by atoms with Crippen molar-refractivity contribution in [2.45, 2.75) is 71.1 Å². The lowest BCUT2D eigenvalue weighted by molar-refractivity contribution is 0.546. The Kier molecular flexibility index (Phi) is 6.04. The molecule has 2 bridgehead atoms. The first-order valence-corrected chi connectivity index (χ1v) is 8.25. The van der Waals surface area contributed by atoms with Gasteiger partial charge in [0.25, 0.3) is 0 Å². The van der Waals surface area contributed by atoms with Crippen LogP contribution < -0.4 is 0 Å². The predicted octanol–water partition coefficient (Wildman–Crippen LogP) is 5.90. The zero-order chi connectivity index (χ0) is 12.6. The number of rotatable bonds is 9. The second-order valence-electron chi connectivity index (χ2n) is 6.28. The van der Waals surface area contributed by atoms with E-state index in [4.69, 9.17) is 0 Å². The highest BCUT2D eigenvalue weighted by atomic mass is 14.4. The van der Waals surface area contributed by atoms with Crippen molar-refractivity contribution in [2.24, 2.45) is 17.8 Å². The van der Waals surface area contributed by atoms with Crippen LogP contribution in [0.3, 0.4) is 0 Å². The maximum atomic E-state index is 2.52. The van der Waals surface area contributed by atoms with Crippen LogP contribution in [0, 0.1) is 17.8 Å². The number of fused-ring (bicyclic) bond motifs is 2. The van der Waals surface area contributed by atoms with Crippen molar-refractivity contribution >= 4 is 0 Å². The largest absolute Gasteiger partial charge is 0.0882 e. The van der Waals surface area contributed by atoms with E-state index in [1.807, 2.05) is 0 Å². The molecule has 0 heterocycles. The van der Waals surface area contributed by atoms with Gasteiger partial charge in [-0.2, -0.15) is 0 Å². The lowest BCUT2D eigenvalue weighted by Gasteiger charge is -2.12. The van der Waals surface area contributed by atoms with Crippen LogP contribution in [0.25, 0.3) is 0 Å². The summed E-state index contributed by atoms with van der Waals surface area (Å²) < 4.78 is 0. The first kappa shape index (κ1) is 13.9. The summed E-state index contributed by atoms with van der Waals surface area (Å²) in [5.41, 5.74) is 0. The zero-order valence-electron chi connectivity index (χ0n) is 12.1. The highest BCUT2D eigenvalue weighted by molar-refractivity contribution is 5.14. The Hall–Kier alpha value is -0.520. The molecule has 102 valence electrons. The molecule has 1 fully saturated rings. The van der Waals surface area contributed by atoms with Crippen molar-refractivity contribution in [2.75, 3.05) is 0 Å². The van der Waals surface area contributed by atoms with Crippen LogP contribution in [-0.4, -0.2) is 0 Å². The summed E-state index contributed by atoms with van der Waals surface area (Å²) in [7, 11) is 0. The minimum absolute atomic E-state index is 0.879. The summed E-state index contributed by atoms with van der Waals surface area (Å²) in [5, 5.41) is 0. The molecule has 0 radical (unpaired) electrons. The van der Waals surface area contributed by atoms with Crippen molar-refractivity contribution in [3.05, 3.63) is 24.3 Å². The Bertz CT molecular complexity index is 274. The van der Waals surface area contributed by atoms with Crippen LogP contribution in [0.15, 0.2) is 24.3 Å². The molecular formula is C18H30. The minimum Gasteiger partial charge on any atom is -0.0882 e. The third-order valence-corrected chi connectivity index (χ3v) is 4.69. The van der Waals surface area contributed by atoms with Gasteiger partial charge in [-0.25, -0.2) is 0 Å². The molecule has 0 aromatic carbocycles. The van der Waals surface area contributed by atoms with Crippen LogP contribution >= 0.6 is 0 Å². The van der Waals surface area contributed by atoms with E-state index in [0.717, 1.165) is 17.8 Å². The van der Waals surface area contributed by atoms with Gasteiger partial charge >= 0.3 is 0 Å². The Balaban J connectivity index is 1.45. The molecule has 0 aliphatic heterocycles. The first-order valence-electron chi connectivity index (χ1n) is 8.25. The lowest BCUT2D eigenvalue weighted by Crippen LogP contribution is -2.02. The third kappa shape index (κ3) is 4.30. The van der Waals surface area contributed by atoms with Crippen molar-refractivity contribution < 1.29 is 0 Å². The van der Waals surface area contributed by atoms with E-state index in [1.54, 1.807) is 0 Å².